The Morgan fingerprint density at radius 2 is 2.18 bits per heavy atom. The standard InChI is InChI=1S/C9H18O2/c1-9(10,5-6-11-2)7-8-3-4-8/h8,10H,3-7H2,1-2H3. The van der Waals surface area contributed by atoms with E-state index in [2.05, 4.69) is 0 Å². The molecule has 66 valence electrons. The molecule has 0 spiro atoms. The minimum absolute atomic E-state index is 0.489. The van der Waals surface area contributed by atoms with E-state index in [1.165, 1.54) is 12.8 Å². The summed E-state index contributed by atoms with van der Waals surface area (Å²) in [5.74, 6) is 0.793. The van der Waals surface area contributed by atoms with Gasteiger partial charge in [0.1, 0.15) is 0 Å². The molecule has 0 saturated heterocycles. The number of ether oxygens (including phenoxy) is 1. The fraction of sp³-hybridized carbons (Fsp3) is 1.00. The molecule has 1 rings (SSSR count). The van der Waals surface area contributed by atoms with Crippen LogP contribution in [0.2, 0.25) is 0 Å². The number of hydrogen-bond acceptors (Lipinski definition) is 2. The highest BCUT2D eigenvalue weighted by Gasteiger charge is 2.31. The van der Waals surface area contributed by atoms with Crippen molar-refractivity contribution in [2.75, 3.05) is 13.7 Å². The lowest BCUT2D eigenvalue weighted by Gasteiger charge is -2.22. The Morgan fingerprint density at radius 1 is 1.55 bits per heavy atom. The molecule has 2 nitrogen and oxygen atoms in total. The van der Waals surface area contributed by atoms with Gasteiger partial charge in [-0.1, -0.05) is 12.8 Å². The van der Waals surface area contributed by atoms with Crippen molar-refractivity contribution in [3.8, 4) is 0 Å². The Morgan fingerprint density at radius 3 is 2.64 bits per heavy atom. The van der Waals surface area contributed by atoms with Crippen LogP contribution in [0.25, 0.3) is 0 Å². The van der Waals surface area contributed by atoms with Crippen LogP contribution in [0.5, 0.6) is 0 Å². The summed E-state index contributed by atoms with van der Waals surface area (Å²) in [4.78, 5) is 0. The summed E-state index contributed by atoms with van der Waals surface area (Å²) in [6.45, 7) is 2.57. The number of hydrogen-bond donors (Lipinski definition) is 1. The van der Waals surface area contributed by atoms with Gasteiger partial charge in [-0.3, -0.25) is 0 Å². The van der Waals surface area contributed by atoms with Crippen molar-refractivity contribution in [3.63, 3.8) is 0 Å². The topological polar surface area (TPSA) is 29.5 Å². The van der Waals surface area contributed by atoms with E-state index in [4.69, 9.17) is 4.74 Å². The zero-order valence-electron chi connectivity index (χ0n) is 7.47. The lowest BCUT2D eigenvalue weighted by Crippen LogP contribution is -2.26. The minimum Gasteiger partial charge on any atom is -0.390 e. The van der Waals surface area contributed by atoms with E-state index in [9.17, 15) is 5.11 Å². The van der Waals surface area contributed by atoms with Crippen LogP contribution >= 0.6 is 0 Å². The molecule has 1 unspecified atom stereocenters. The monoisotopic (exact) mass is 158 g/mol. The van der Waals surface area contributed by atoms with Crippen molar-refractivity contribution in [1.29, 1.82) is 0 Å². The Balaban J connectivity index is 2.14. The molecule has 0 radical (unpaired) electrons. The van der Waals surface area contributed by atoms with Gasteiger partial charge in [0, 0.05) is 13.7 Å². The SMILES string of the molecule is COCCC(C)(O)CC1CC1. The fourth-order valence-electron chi connectivity index (χ4n) is 1.37. The maximum atomic E-state index is 9.78. The van der Waals surface area contributed by atoms with Gasteiger partial charge in [0.2, 0.25) is 0 Å². The van der Waals surface area contributed by atoms with Crippen LogP contribution in [0.15, 0.2) is 0 Å². The second-order valence-electron chi connectivity index (χ2n) is 3.89. The van der Waals surface area contributed by atoms with Crippen molar-refractivity contribution in [2.45, 2.75) is 38.2 Å². The van der Waals surface area contributed by atoms with Gasteiger partial charge in [-0.05, 0) is 25.7 Å². The Bertz CT molecular complexity index is 117. The highest BCUT2D eigenvalue weighted by molar-refractivity contribution is 4.83. The normalized spacial score (nSPS) is 23.2. The summed E-state index contributed by atoms with van der Waals surface area (Å²) in [6.07, 6.45) is 4.34. The first-order chi connectivity index (χ1) is 5.14. The molecule has 1 N–H and O–H groups in total. The molecule has 0 aliphatic heterocycles. The summed E-state index contributed by atoms with van der Waals surface area (Å²) < 4.78 is 4.92. The zero-order chi connectivity index (χ0) is 8.32. The average Bonchev–Trinajstić information content (AvgIpc) is 2.67. The van der Waals surface area contributed by atoms with Crippen LogP contribution in [0.4, 0.5) is 0 Å². The highest BCUT2D eigenvalue weighted by Crippen LogP contribution is 2.37. The zero-order valence-corrected chi connectivity index (χ0v) is 7.47. The third-order valence-corrected chi connectivity index (χ3v) is 2.27. The predicted octanol–water partition coefficient (Wildman–Crippen LogP) is 1.57. The summed E-state index contributed by atoms with van der Waals surface area (Å²) in [7, 11) is 1.67. The summed E-state index contributed by atoms with van der Waals surface area (Å²) >= 11 is 0. The first kappa shape index (κ1) is 9.01. The maximum Gasteiger partial charge on any atom is 0.0644 e. The van der Waals surface area contributed by atoms with Gasteiger partial charge >= 0.3 is 0 Å². The molecule has 1 saturated carbocycles. The lowest BCUT2D eigenvalue weighted by atomic mass is 9.96. The van der Waals surface area contributed by atoms with Crippen molar-refractivity contribution in [3.05, 3.63) is 0 Å². The van der Waals surface area contributed by atoms with Gasteiger partial charge in [0.15, 0.2) is 0 Å². The molecule has 11 heavy (non-hydrogen) atoms. The Labute approximate surface area is 68.6 Å². The van der Waals surface area contributed by atoms with E-state index in [-0.39, 0.29) is 0 Å². The minimum atomic E-state index is -0.489. The largest absolute Gasteiger partial charge is 0.390 e. The van der Waals surface area contributed by atoms with Crippen molar-refractivity contribution < 1.29 is 9.84 Å². The average molecular weight is 158 g/mol. The third kappa shape index (κ3) is 3.73. The van der Waals surface area contributed by atoms with Gasteiger partial charge in [-0.2, -0.15) is 0 Å². The molecule has 0 bridgehead atoms. The molecule has 0 aromatic rings. The van der Waals surface area contributed by atoms with Gasteiger partial charge in [-0.15, -0.1) is 0 Å². The van der Waals surface area contributed by atoms with E-state index in [1.807, 2.05) is 6.92 Å². The highest BCUT2D eigenvalue weighted by atomic mass is 16.5. The van der Waals surface area contributed by atoms with E-state index in [1.54, 1.807) is 7.11 Å². The van der Waals surface area contributed by atoms with Gasteiger partial charge in [0.05, 0.1) is 5.60 Å². The molecule has 0 amide bonds. The van der Waals surface area contributed by atoms with Crippen molar-refractivity contribution in [2.24, 2.45) is 5.92 Å². The molecule has 0 heterocycles. The molecule has 0 aromatic carbocycles. The molecule has 2 heteroatoms. The smallest absolute Gasteiger partial charge is 0.0644 e. The third-order valence-electron chi connectivity index (χ3n) is 2.27. The molecule has 0 aromatic heterocycles. The molecule has 1 atom stereocenters. The maximum absolute atomic E-state index is 9.78. The Kier molecular flexibility index (Phi) is 2.90. The van der Waals surface area contributed by atoms with Gasteiger partial charge in [-0.25, -0.2) is 0 Å². The molecule has 1 aliphatic rings. The van der Waals surface area contributed by atoms with Crippen molar-refractivity contribution in [1.82, 2.24) is 0 Å². The van der Waals surface area contributed by atoms with E-state index < -0.39 is 5.60 Å². The van der Waals surface area contributed by atoms with Crippen LogP contribution in [0, 0.1) is 5.92 Å². The van der Waals surface area contributed by atoms with E-state index >= 15 is 0 Å². The van der Waals surface area contributed by atoms with Crippen LogP contribution in [0.1, 0.15) is 32.6 Å². The van der Waals surface area contributed by atoms with Crippen LogP contribution in [0.3, 0.4) is 0 Å². The predicted molar refractivity (Wildman–Crippen MR) is 44.5 cm³/mol. The van der Waals surface area contributed by atoms with Gasteiger partial charge in [0.25, 0.3) is 0 Å². The van der Waals surface area contributed by atoms with Crippen LogP contribution < -0.4 is 0 Å². The van der Waals surface area contributed by atoms with Crippen molar-refractivity contribution >= 4 is 0 Å². The van der Waals surface area contributed by atoms with E-state index in [0.717, 1.165) is 18.8 Å². The first-order valence-corrected chi connectivity index (χ1v) is 4.35. The summed E-state index contributed by atoms with van der Waals surface area (Å²) in [5.41, 5.74) is -0.489. The number of methoxy groups -OCH3 is 1. The second-order valence-corrected chi connectivity index (χ2v) is 3.89. The second kappa shape index (κ2) is 3.55. The van der Waals surface area contributed by atoms with E-state index in [0.29, 0.717) is 6.61 Å². The van der Waals surface area contributed by atoms with Crippen LogP contribution in [-0.4, -0.2) is 24.4 Å². The molecular formula is C9H18O2. The number of rotatable bonds is 5. The molecule has 1 aliphatic carbocycles. The number of aliphatic hydroxyl groups is 1. The quantitative estimate of drug-likeness (QED) is 0.658. The van der Waals surface area contributed by atoms with Crippen LogP contribution in [-0.2, 0) is 4.74 Å². The summed E-state index contributed by atoms with van der Waals surface area (Å²) in [6, 6.07) is 0. The molecule has 1 fully saturated rings. The fourth-order valence-corrected chi connectivity index (χ4v) is 1.37. The molecular weight excluding hydrogens is 140 g/mol. The first-order valence-electron chi connectivity index (χ1n) is 4.35. The lowest BCUT2D eigenvalue weighted by molar-refractivity contribution is 0.0128. The van der Waals surface area contributed by atoms with Gasteiger partial charge < -0.3 is 9.84 Å². The summed E-state index contributed by atoms with van der Waals surface area (Å²) in [5, 5.41) is 9.78. The Hall–Kier alpha value is -0.0800.